The van der Waals surface area contributed by atoms with Crippen LogP contribution in [-0.4, -0.2) is 6.54 Å². The fourth-order valence-electron chi connectivity index (χ4n) is 2.49. The zero-order valence-corrected chi connectivity index (χ0v) is 13.6. The van der Waals surface area contributed by atoms with E-state index < -0.39 is 0 Å². The molecule has 0 aliphatic carbocycles. The number of thiophene rings is 1. The van der Waals surface area contributed by atoms with Gasteiger partial charge in [0.15, 0.2) is 0 Å². The van der Waals surface area contributed by atoms with Crippen LogP contribution in [0.5, 0.6) is 0 Å². The number of rotatable bonds is 7. The van der Waals surface area contributed by atoms with Crippen LogP contribution >= 0.6 is 11.3 Å². The second kappa shape index (κ2) is 7.61. The Labute approximate surface area is 127 Å². The zero-order valence-electron chi connectivity index (χ0n) is 12.8. The molecule has 1 atom stereocenters. The van der Waals surface area contributed by atoms with Crippen molar-refractivity contribution in [3.63, 3.8) is 0 Å². The van der Waals surface area contributed by atoms with Crippen LogP contribution in [0.3, 0.4) is 0 Å². The molecule has 20 heavy (non-hydrogen) atoms. The monoisotopic (exact) mass is 287 g/mol. The van der Waals surface area contributed by atoms with E-state index in [1.54, 1.807) is 0 Å². The summed E-state index contributed by atoms with van der Waals surface area (Å²) in [6.07, 6.45) is 3.50. The Balaban J connectivity index is 2.23. The number of benzene rings is 1. The van der Waals surface area contributed by atoms with Gasteiger partial charge in [-0.1, -0.05) is 51.5 Å². The van der Waals surface area contributed by atoms with Crippen LogP contribution in [0.1, 0.15) is 54.1 Å². The molecule has 1 aromatic carbocycles. The lowest BCUT2D eigenvalue weighted by molar-refractivity contribution is 0.639. The second-order valence-corrected chi connectivity index (χ2v) is 6.34. The van der Waals surface area contributed by atoms with Gasteiger partial charge in [-0.15, -0.1) is 11.3 Å². The number of aryl methyl sites for hydroxylation is 2. The van der Waals surface area contributed by atoms with Gasteiger partial charge in [-0.3, -0.25) is 0 Å². The third-order valence-electron chi connectivity index (χ3n) is 3.58. The van der Waals surface area contributed by atoms with E-state index in [1.807, 2.05) is 11.3 Å². The van der Waals surface area contributed by atoms with Gasteiger partial charge in [0, 0.05) is 9.75 Å². The van der Waals surface area contributed by atoms with Gasteiger partial charge in [0.2, 0.25) is 0 Å². The van der Waals surface area contributed by atoms with Gasteiger partial charge in [-0.05, 0) is 42.6 Å². The van der Waals surface area contributed by atoms with Crippen molar-refractivity contribution in [1.82, 2.24) is 5.32 Å². The molecular weight excluding hydrogens is 262 g/mol. The van der Waals surface area contributed by atoms with Crippen molar-refractivity contribution in [3.05, 3.63) is 57.3 Å². The Morgan fingerprint density at radius 3 is 2.30 bits per heavy atom. The minimum absolute atomic E-state index is 0.334. The Kier molecular flexibility index (Phi) is 5.81. The normalized spacial score (nSPS) is 12.6. The van der Waals surface area contributed by atoms with Crippen molar-refractivity contribution in [1.29, 1.82) is 0 Å². The molecule has 1 heterocycles. The lowest BCUT2D eigenvalue weighted by Crippen LogP contribution is -2.21. The molecule has 0 aliphatic rings. The summed E-state index contributed by atoms with van der Waals surface area (Å²) in [6.45, 7) is 7.61. The van der Waals surface area contributed by atoms with Crippen LogP contribution in [0.25, 0.3) is 0 Å². The van der Waals surface area contributed by atoms with E-state index in [1.165, 1.54) is 33.7 Å². The molecule has 0 spiro atoms. The van der Waals surface area contributed by atoms with Gasteiger partial charge in [0.25, 0.3) is 0 Å². The Hall–Kier alpha value is -1.12. The highest BCUT2D eigenvalue weighted by molar-refractivity contribution is 7.12. The van der Waals surface area contributed by atoms with Crippen molar-refractivity contribution in [2.24, 2.45) is 0 Å². The summed E-state index contributed by atoms with van der Waals surface area (Å²) in [4.78, 5) is 2.89. The molecule has 0 amide bonds. The summed E-state index contributed by atoms with van der Waals surface area (Å²) in [5, 5.41) is 3.61. The van der Waals surface area contributed by atoms with Crippen LogP contribution in [-0.2, 0) is 12.8 Å². The van der Waals surface area contributed by atoms with E-state index in [0.29, 0.717) is 6.04 Å². The summed E-state index contributed by atoms with van der Waals surface area (Å²) < 4.78 is 0. The highest BCUT2D eigenvalue weighted by atomic mass is 32.1. The first-order chi connectivity index (χ1) is 9.78. The van der Waals surface area contributed by atoms with Gasteiger partial charge in [-0.25, -0.2) is 0 Å². The highest BCUT2D eigenvalue weighted by Crippen LogP contribution is 2.29. The van der Waals surface area contributed by atoms with Gasteiger partial charge in [-0.2, -0.15) is 0 Å². The first-order valence-corrected chi connectivity index (χ1v) is 8.50. The molecule has 0 fully saturated rings. The van der Waals surface area contributed by atoms with E-state index in [9.17, 15) is 0 Å². The van der Waals surface area contributed by atoms with Gasteiger partial charge < -0.3 is 5.32 Å². The predicted octanol–water partition coefficient (Wildman–Crippen LogP) is 4.96. The Morgan fingerprint density at radius 1 is 1.00 bits per heavy atom. The van der Waals surface area contributed by atoms with Crippen LogP contribution in [0.4, 0.5) is 0 Å². The summed E-state index contributed by atoms with van der Waals surface area (Å²) in [5.41, 5.74) is 2.81. The Morgan fingerprint density at radius 2 is 1.75 bits per heavy atom. The SMILES string of the molecule is CCCc1ccc(C(NCC)c2ccc(CC)s2)cc1. The third-order valence-corrected chi connectivity index (χ3v) is 4.87. The van der Waals surface area contributed by atoms with Crippen molar-refractivity contribution in [2.75, 3.05) is 6.54 Å². The third kappa shape index (κ3) is 3.71. The first kappa shape index (κ1) is 15.3. The van der Waals surface area contributed by atoms with Crippen LogP contribution in [0, 0.1) is 0 Å². The average molecular weight is 287 g/mol. The van der Waals surface area contributed by atoms with Gasteiger partial charge in [0.1, 0.15) is 0 Å². The van der Waals surface area contributed by atoms with E-state index >= 15 is 0 Å². The number of nitrogens with one attached hydrogen (secondary N) is 1. The van der Waals surface area contributed by atoms with E-state index in [4.69, 9.17) is 0 Å². The largest absolute Gasteiger partial charge is 0.306 e. The van der Waals surface area contributed by atoms with E-state index in [2.05, 4.69) is 62.5 Å². The van der Waals surface area contributed by atoms with E-state index in [-0.39, 0.29) is 0 Å². The van der Waals surface area contributed by atoms with Crippen molar-refractivity contribution >= 4 is 11.3 Å². The van der Waals surface area contributed by atoms with Crippen LogP contribution in [0.2, 0.25) is 0 Å². The molecule has 2 rings (SSSR count). The molecule has 0 radical (unpaired) electrons. The average Bonchev–Trinajstić information content (AvgIpc) is 2.95. The topological polar surface area (TPSA) is 12.0 Å². The molecule has 0 bridgehead atoms. The molecule has 1 nitrogen and oxygen atoms in total. The van der Waals surface area contributed by atoms with Gasteiger partial charge in [0.05, 0.1) is 6.04 Å². The minimum Gasteiger partial charge on any atom is -0.306 e. The fourth-order valence-corrected chi connectivity index (χ4v) is 3.55. The molecule has 0 aliphatic heterocycles. The van der Waals surface area contributed by atoms with Crippen LogP contribution < -0.4 is 5.32 Å². The van der Waals surface area contributed by atoms with Crippen molar-refractivity contribution in [3.8, 4) is 0 Å². The Bertz CT molecular complexity index is 512. The molecule has 1 N–H and O–H groups in total. The maximum absolute atomic E-state index is 3.61. The smallest absolute Gasteiger partial charge is 0.0671 e. The van der Waals surface area contributed by atoms with Gasteiger partial charge >= 0.3 is 0 Å². The second-order valence-electron chi connectivity index (χ2n) is 5.14. The maximum Gasteiger partial charge on any atom is 0.0671 e. The standard InChI is InChI=1S/C18H25NS/c1-4-7-14-8-10-15(11-9-14)18(19-6-3)17-13-12-16(5-2)20-17/h8-13,18-19H,4-7H2,1-3H3. The number of hydrogen-bond donors (Lipinski definition) is 1. The number of hydrogen-bond acceptors (Lipinski definition) is 2. The molecule has 2 heteroatoms. The lowest BCUT2D eigenvalue weighted by atomic mass is 10.0. The molecule has 0 saturated carbocycles. The summed E-state index contributed by atoms with van der Waals surface area (Å²) in [6, 6.07) is 14.0. The molecule has 2 aromatic rings. The first-order valence-electron chi connectivity index (χ1n) is 7.69. The highest BCUT2D eigenvalue weighted by Gasteiger charge is 2.14. The molecular formula is C18H25NS. The van der Waals surface area contributed by atoms with Crippen molar-refractivity contribution in [2.45, 2.75) is 46.1 Å². The summed E-state index contributed by atoms with van der Waals surface area (Å²) in [5.74, 6) is 0. The van der Waals surface area contributed by atoms with Crippen LogP contribution in [0.15, 0.2) is 36.4 Å². The molecule has 0 saturated heterocycles. The summed E-state index contributed by atoms with van der Waals surface area (Å²) >= 11 is 1.93. The predicted molar refractivity (Wildman–Crippen MR) is 89.7 cm³/mol. The lowest BCUT2D eigenvalue weighted by Gasteiger charge is -2.17. The fraction of sp³-hybridized carbons (Fsp3) is 0.444. The minimum atomic E-state index is 0.334. The maximum atomic E-state index is 3.61. The quantitative estimate of drug-likeness (QED) is 0.758. The molecule has 1 aromatic heterocycles. The summed E-state index contributed by atoms with van der Waals surface area (Å²) in [7, 11) is 0. The molecule has 108 valence electrons. The van der Waals surface area contributed by atoms with Crippen molar-refractivity contribution < 1.29 is 0 Å². The van der Waals surface area contributed by atoms with E-state index in [0.717, 1.165) is 13.0 Å². The zero-order chi connectivity index (χ0) is 14.4. The molecule has 1 unspecified atom stereocenters.